The SMILES string of the molecule is CC(=O)Nc1nc(C(=O)N2CCCCC2CNC(=O)CCN)cs1. The highest BCUT2D eigenvalue weighted by atomic mass is 32.1. The van der Waals surface area contributed by atoms with Gasteiger partial charge in [0.15, 0.2) is 5.13 Å². The normalized spacial score (nSPS) is 17.4. The Morgan fingerprint density at radius 2 is 2.21 bits per heavy atom. The van der Waals surface area contributed by atoms with Crippen molar-refractivity contribution in [3.05, 3.63) is 11.1 Å². The Kier molecular flexibility index (Phi) is 6.68. The van der Waals surface area contributed by atoms with Crippen LogP contribution >= 0.6 is 11.3 Å². The number of nitrogens with two attached hydrogens (primary N) is 1. The summed E-state index contributed by atoms with van der Waals surface area (Å²) < 4.78 is 0. The first-order valence-corrected chi connectivity index (χ1v) is 8.90. The second-order valence-electron chi connectivity index (χ2n) is 5.71. The molecule has 4 N–H and O–H groups in total. The lowest BCUT2D eigenvalue weighted by molar-refractivity contribution is -0.121. The Morgan fingerprint density at radius 1 is 1.42 bits per heavy atom. The van der Waals surface area contributed by atoms with E-state index in [1.54, 1.807) is 10.3 Å². The van der Waals surface area contributed by atoms with E-state index in [4.69, 9.17) is 5.73 Å². The first kappa shape index (κ1) is 18.3. The maximum Gasteiger partial charge on any atom is 0.273 e. The van der Waals surface area contributed by atoms with Gasteiger partial charge in [-0.2, -0.15) is 0 Å². The molecule has 0 saturated carbocycles. The number of thiazole rings is 1. The van der Waals surface area contributed by atoms with Crippen LogP contribution in [-0.2, 0) is 9.59 Å². The molecule has 1 fully saturated rings. The van der Waals surface area contributed by atoms with Gasteiger partial charge in [-0.15, -0.1) is 11.3 Å². The second-order valence-corrected chi connectivity index (χ2v) is 6.57. The average molecular weight is 353 g/mol. The summed E-state index contributed by atoms with van der Waals surface area (Å²) in [6.07, 6.45) is 3.08. The number of hydrogen-bond acceptors (Lipinski definition) is 6. The van der Waals surface area contributed by atoms with Crippen molar-refractivity contribution in [2.24, 2.45) is 5.73 Å². The number of nitrogens with zero attached hydrogens (tertiary/aromatic N) is 2. The summed E-state index contributed by atoms with van der Waals surface area (Å²) in [6.45, 7) is 2.77. The number of anilines is 1. The number of carbonyl (C=O) groups excluding carboxylic acids is 3. The third-order valence-electron chi connectivity index (χ3n) is 3.80. The van der Waals surface area contributed by atoms with E-state index < -0.39 is 0 Å². The Bertz CT molecular complexity index is 604. The third kappa shape index (κ3) is 5.00. The van der Waals surface area contributed by atoms with Crippen molar-refractivity contribution >= 4 is 34.2 Å². The molecule has 0 radical (unpaired) electrons. The van der Waals surface area contributed by atoms with Gasteiger partial charge in [0.1, 0.15) is 5.69 Å². The van der Waals surface area contributed by atoms with Crippen LogP contribution in [0.4, 0.5) is 5.13 Å². The molecule has 1 atom stereocenters. The standard InChI is InChI=1S/C15H23N5O3S/c1-10(21)18-15-19-12(9-24-15)14(23)20-7-3-2-4-11(20)8-17-13(22)5-6-16/h9,11H,2-8,16H2,1H3,(H,17,22)(H,18,19,21). The summed E-state index contributed by atoms with van der Waals surface area (Å²) >= 11 is 1.22. The molecule has 1 unspecified atom stereocenters. The topological polar surface area (TPSA) is 117 Å². The smallest absolute Gasteiger partial charge is 0.273 e. The summed E-state index contributed by atoms with van der Waals surface area (Å²) in [7, 11) is 0. The maximum absolute atomic E-state index is 12.7. The minimum Gasteiger partial charge on any atom is -0.354 e. The summed E-state index contributed by atoms with van der Waals surface area (Å²) in [5.74, 6) is -0.487. The van der Waals surface area contributed by atoms with Crippen LogP contribution in [0.15, 0.2) is 5.38 Å². The number of rotatable bonds is 6. The molecule has 3 amide bonds. The van der Waals surface area contributed by atoms with Crippen LogP contribution < -0.4 is 16.4 Å². The van der Waals surface area contributed by atoms with Gasteiger partial charge in [-0.25, -0.2) is 4.98 Å². The van der Waals surface area contributed by atoms with Gasteiger partial charge in [0.25, 0.3) is 5.91 Å². The van der Waals surface area contributed by atoms with Crippen molar-refractivity contribution in [2.45, 2.75) is 38.6 Å². The van der Waals surface area contributed by atoms with Gasteiger partial charge in [0, 0.05) is 44.4 Å². The van der Waals surface area contributed by atoms with Crippen LogP contribution in [0.25, 0.3) is 0 Å². The van der Waals surface area contributed by atoms with E-state index in [-0.39, 0.29) is 30.2 Å². The predicted octanol–water partition coefficient (Wildman–Crippen LogP) is 0.561. The molecule has 2 heterocycles. The molecule has 0 bridgehead atoms. The minimum absolute atomic E-state index is 0.0427. The summed E-state index contributed by atoms with van der Waals surface area (Å²) in [4.78, 5) is 41.3. The van der Waals surface area contributed by atoms with Gasteiger partial charge in [0.2, 0.25) is 11.8 Å². The number of nitrogens with one attached hydrogen (secondary N) is 2. The summed E-state index contributed by atoms with van der Waals surface area (Å²) in [6, 6.07) is -0.0427. The fourth-order valence-electron chi connectivity index (χ4n) is 2.66. The first-order valence-electron chi connectivity index (χ1n) is 8.02. The third-order valence-corrected chi connectivity index (χ3v) is 4.56. The number of carbonyl (C=O) groups is 3. The quantitative estimate of drug-likeness (QED) is 0.691. The zero-order valence-corrected chi connectivity index (χ0v) is 14.5. The fraction of sp³-hybridized carbons (Fsp3) is 0.600. The highest BCUT2D eigenvalue weighted by molar-refractivity contribution is 7.14. The summed E-state index contributed by atoms with van der Waals surface area (Å²) in [5.41, 5.74) is 5.69. The van der Waals surface area contributed by atoms with E-state index in [9.17, 15) is 14.4 Å². The summed E-state index contributed by atoms with van der Waals surface area (Å²) in [5, 5.41) is 7.47. The van der Waals surface area contributed by atoms with Crippen molar-refractivity contribution in [3.63, 3.8) is 0 Å². The molecular weight excluding hydrogens is 330 g/mol. The Balaban J connectivity index is 2.00. The molecule has 9 heteroatoms. The van der Waals surface area contributed by atoms with Crippen molar-refractivity contribution in [1.82, 2.24) is 15.2 Å². The van der Waals surface area contributed by atoms with E-state index in [1.165, 1.54) is 18.3 Å². The van der Waals surface area contributed by atoms with Gasteiger partial charge < -0.3 is 21.3 Å². The van der Waals surface area contributed by atoms with E-state index in [1.807, 2.05) is 0 Å². The molecule has 24 heavy (non-hydrogen) atoms. The van der Waals surface area contributed by atoms with Gasteiger partial charge in [0.05, 0.1) is 0 Å². The monoisotopic (exact) mass is 353 g/mol. The average Bonchev–Trinajstić information content (AvgIpc) is 3.00. The van der Waals surface area contributed by atoms with Gasteiger partial charge in [-0.05, 0) is 19.3 Å². The lowest BCUT2D eigenvalue weighted by Gasteiger charge is -2.35. The molecule has 0 aromatic carbocycles. The Hall–Kier alpha value is -2.00. The number of amides is 3. The van der Waals surface area contributed by atoms with E-state index in [0.717, 1.165) is 19.3 Å². The molecule has 1 saturated heterocycles. The number of aromatic nitrogens is 1. The number of hydrogen-bond donors (Lipinski definition) is 3. The van der Waals surface area contributed by atoms with E-state index in [0.29, 0.717) is 30.5 Å². The molecule has 0 spiro atoms. The molecule has 2 rings (SSSR count). The Labute approximate surface area is 144 Å². The highest BCUT2D eigenvalue weighted by Gasteiger charge is 2.29. The first-order chi connectivity index (χ1) is 11.5. The van der Waals surface area contributed by atoms with Crippen LogP contribution in [-0.4, -0.2) is 53.3 Å². The molecule has 1 aromatic rings. The maximum atomic E-state index is 12.7. The van der Waals surface area contributed by atoms with Gasteiger partial charge in [-0.3, -0.25) is 14.4 Å². The molecular formula is C15H23N5O3S. The molecule has 132 valence electrons. The number of piperidine rings is 1. The largest absolute Gasteiger partial charge is 0.354 e. The fourth-order valence-corrected chi connectivity index (χ4v) is 3.39. The lowest BCUT2D eigenvalue weighted by atomic mass is 10.0. The highest BCUT2D eigenvalue weighted by Crippen LogP contribution is 2.22. The van der Waals surface area contributed by atoms with Crippen LogP contribution in [0, 0.1) is 0 Å². The van der Waals surface area contributed by atoms with Gasteiger partial charge in [-0.1, -0.05) is 0 Å². The van der Waals surface area contributed by atoms with Crippen LogP contribution in [0.1, 0.15) is 43.1 Å². The molecule has 1 aliphatic heterocycles. The van der Waals surface area contributed by atoms with Crippen molar-refractivity contribution in [2.75, 3.05) is 25.0 Å². The van der Waals surface area contributed by atoms with Crippen molar-refractivity contribution in [1.29, 1.82) is 0 Å². The number of likely N-dealkylation sites (tertiary alicyclic amines) is 1. The second kappa shape index (κ2) is 8.74. The van der Waals surface area contributed by atoms with E-state index in [2.05, 4.69) is 15.6 Å². The Morgan fingerprint density at radius 3 is 2.92 bits per heavy atom. The van der Waals surface area contributed by atoms with Crippen molar-refractivity contribution < 1.29 is 14.4 Å². The molecule has 8 nitrogen and oxygen atoms in total. The van der Waals surface area contributed by atoms with Crippen LogP contribution in [0.3, 0.4) is 0 Å². The van der Waals surface area contributed by atoms with E-state index >= 15 is 0 Å². The lowest BCUT2D eigenvalue weighted by Crippen LogP contribution is -2.49. The zero-order valence-electron chi connectivity index (χ0n) is 13.7. The van der Waals surface area contributed by atoms with Crippen molar-refractivity contribution in [3.8, 4) is 0 Å². The van der Waals surface area contributed by atoms with Crippen LogP contribution in [0.2, 0.25) is 0 Å². The molecule has 0 aliphatic carbocycles. The molecule has 1 aromatic heterocycles. The van der Waals surface area contributed by atoms with Gasteiger partial charge >= 0.3 is 0 Å². The zero-order chi connectivity index (χ0) is 17.5. The molecule has 1 aliphatic rings. The predicted molar refractivity (Wildman–Crippen MR) is 91.8 cm³/mol. The van der Waals surface area contributed by atoms with Crippen LogP contribution in [0.5, 0.6) is 0 Å². The minimum atomic E-state index is -0.221.